The van der Waals surface area contributed by atoms with Crippen molar-refractivity contribution in [1.29, 1.82) is 0 Å². The number of hydrogen-bond acceptors (Lipinski definition) is 5. The fourth-order valence-corrected chi connectivity index (χ4v) is 2.29. The molecule has 5 nitrogen and oxygen atoms in total. The minimum absolute atomic E-state index is 0.248. The molecule has 104 valence electrons. The summed E-state index contributed by atoms with van der Waals surface area (Å²) >= 11 is 0. The summed E-state index contributed by atoms with van der Waals surface area (Å²) in [6.07, 6.45) is 1.05. The highest BCUT2D eigenvalue weighted by atomic mass is 16.5. The van der Waals surface area contributed by atoms with Crippen LogP contribution in [0.25, 0.3) is 0 Å². The largest absolute Gasteiger partial charge is 0.465 e. The van der Waals surface area contributed by atoms with Crippen LogP contribution in [0, 0.1) is 5.92 Å². The van der Waals surface area contributed by atoms with Crippen molar-refractivity contribution in [3.63, 3.8) is 0 Å². The van der Waals surface area contributed by atoms with Crippen molar-refractivity contribution in [1.82, 2.24) is 0 Å². The summed E-state index contributed by atoms with van der Waals surface area (Å²) in [5.41, 5.74) is 7.60. The van der Waals surface area contributed by atoms with E-state index in [9.17, 15) is 4.79 Å². The van der Waals surface area contributed by atoms with Crippen LogP contribution in [0.3, 0.4) is 0 Å². The zero-order valence-corrected chi connectivity index (χ0v) is 11.3. The fourth-order valence-electron chi connectivity index (χ4n) is 2.29. The molecule has 0 amide bonds. The maximum atomic E-state index is 11.6. The Morgan fingerprint density at radius 1 is 1.58 bits per heavy atom. The SMILES string of the molecule is COC(=O)c1cccc(NC(C)C2CCOC2)c1N. The van der Waals surface area contributed by atoms with Crippen molar-refractivity contribution in [2.24, 2.45) is 5.92 Å². The molecule has 0 aliphatic carbocycles. The van der Waals surface area contributed by atoms with Gasteiger partial charge in [0.15, 0.2) is 0 Å². The maximum Gasteiger partial charge on any atom is 0.340 e. The zero-order chi connectivity index (χ0) is 13.8. The van der Waals surface area contributed by atoms with Crippen molar-refractivity contribution in [3.05, 3.63) is 23.8 Å². The van der Waals surface area contributed by atoms with Gasteiger partial charge in [0.2, 0.25) is 0 Å². The Labute approximate surface area is 113 Å². The van der Waals surface area contributed by atoms with E-state index in [0.717, 1.165) is 25.3 Å². The molecule has 0 bridgehead atoms. The molecule has 1 heterocycles. The lowest BCUT2D eigenvalue weighted by atomic mass is 10.00. The zero-order valence-electron chi connectivity index (χ0n) is 11.3. The lowest BCUT2D eigenvalue weighted by Crippen LogP contribution is -2.26. The average Bonchev–Trinajstić information content (AvgIpc) is 2.94. The van der Waals surface area contributed by atoms with Gasteiger partial charge in [-0.2, -0.15) is 0 Å². The number of para-hydroxylation sites is 1. The summed E-state index contributed by atoms with van der Waals surface area (Å²) in [6.45, 7) is 3.68. The lowest BCUT2D eigenvalue weighted by Gasteiger charge is -2.22. The number of anilines is 2. The standard InChI is InChI=1S/C14H20N2O3/c1-9(10-6-7-19-8-10)16-12-5-3-4-11(13(12)15)14(17)18-2/h3-5,9-10,16H,6-8,15H2,1-2H3. The van der Waals surface area contributed by atoms with E-state index < -0.39 is 5.97 Å². The molecule has 1 aromatic carbocycles. The predicted octanol–water partition coefficient (Wildman–Crippen LogP) is 1.89. The normalized spacial score (nSPS) is 20.0. The summed E-state index contributed by atoms with van der Waals surface area (Å²) in [6, 6.07) is 5.57. The molecule has 1 aliphatic rings. The van der Waals surface area contributed by atoms with Crippen molar-refractivity contribution < 1.29 is 14.3 Å². The van der Waals surface area contributed by atoms with Crippen LogP contribution in [0.2, 0.25) is 0 Å². The molecule has 0 spiro atoms. The molecule has 1 aromatic rings. The minimum Gasteiger partial charge on any atom is -0.465 e. The average molecular weight is 264 g/mol. The summed E-state index contributed by atoms with van der Waals surface area (Å²) in [4.78, 5) is 11.6. The Hall–Kier alpha value is -1.75. The highest BCUT2D eigenvalue weighted by Crippen LogP contribution is 2.27. The van der Waals surface area contributed by atoms with Gasteiger partial charge in [-0.1, -0.05) is 6.07 Å². The molecule has 2 rings (SSSR count). The van der Waals surface area contributed by atoms with Crippen molar-refractivity contribution in [2.75, 3.05) is 31.4 Å². The number of nitrogens with one attached hydrogen (secondary N) is 1. The van der Waals surface area contributed by atoms with Gasteiger partial charge in [0, 0.05) is 18.6 Å². The number of methoxy groups -OCH3 is 1. The van der Waals surface area contributed by atoms with E-state index in [1.807, 2.05) is 6.07 Å². The first-order chi connectivity index (χ1) is 9.13. The third-order valence-corrected chi connectivity index (χ3v) is 3.57. The van der Waals surface area contributed by atoms with E-state index >= 15 is 0 Å². The summed E-state index contributed by atoms with van der Waals surface area (Å²) in [7, 11) is 1.35. The summed E-state index contributed by atoms with van der Waals surface area (Å²) in [5.74, 6) is 0.0548. The highest BCUT2D eigenvalue weighted by Gasteiger charge is 2.23. The van der Waals surface area contributed by atoms with Gasteiger partial charge < -0.3 is 20.5 Å². The predicted molar refractivity (Wildman–Crippen MR) is 74.2 cm³/mol. The Kier molecular flexibility index (Phi) is 4.27. The Bertz CT molecular complexity index is 456. The molecule has 2 unspecified atom stereocenters. The summed E-state index contributed by atoms with van der Waals surface area (Å²) in [5, 5.41) is 3.36. The molecule has 1 saturated heterocycles. The minimum atomic E-state index is -0.419. The number of ether oxygens (including phenoxy) is 2. The van der Waals surface area contributed by atoms with E-state index in [-0.39, 0.29) is 6.04 Å². The van der Waals surface area contributed by atoms with E-state index in [4.69, 9.17) is 15.2 Å². The number of carbonyl (C=O) groups excluding carboxylic acids is 1. The molecule has 0 aromatic heterocycles. The Morgan fingerprint density at radius 2 is 2.37 bits per heavy atom. The van der Waals surface area contributed by atoms with Crippen LogP contribution in [-0.2, 0) is 9.47 Å². The molecule has 0 saturated carbocycles. The van der Waals surface area contributed by atoms with Crippen LogP contribution < -0.4 is 11.1 Å². The number of nitrogen functional groups attached to an aromatic ring is 1. The van der Waals surface area contributed by atoms with Gasteiger partial charge in [-0.3, -0.25) is 0 Å². The second-order valence-electron chi connectivity index (χ2n) is 4.82. The monoisotopic (exact) mass is 264 g/mol. The van der Waals surface area contributed by atoms with E-state index in [0.29, 0.717) is 17.2 Å². The molecular weight excluding hydrogens is 244 g/mol. The first-order valence-electron chi connectivity index (χ1n) is 6.44. The number of benzene rings is 1. The van der Waals surface area contributed by atoms with Crippen molar-refractivity contribution >= 4 is 17.3 Å². The number of rotatable bonds is 4. The first kappa shape index (κ1) is 13.7. The summed E-state index contributed by atoms with van der Waals surface area (Å²) < 4.78 is 10.1. The van der Waals surface area contributed by atoms with E-state index in [1.54, 1.807) is 12.1 Å². The number of hydrogen-bond donors (Lipinski definition) is 2. The fraction of sp³-hybridized carbons (Fsp3) is 0.500. The van der Waals surface area contributed by atoms with Gasteiger partial charge in [0.25, 0.3) is 0 Å². The third-order valence-electron chi connectivity index (χ3n) is 3.57. The number of esters is 1. The van der Waals surface area contributed by atoms with Crippen LogP contribution in [0.15, 0.2) is 18.2 Å². The maximum absolute atomic E-state index is 11.6. The second kappa shape index (κ2) is 5.93. The van der Waals surface area contributed by atoms with Gasteiger partial charge in [-0.05, 0) is 25.5 Å². The van der Waals surface area contributed by atoms with Gasteiger partial charge in [0.05, 0.1) is 30.7 Å². The van der Waals surface area contributed by atoms with Crippen LogP contribution >= 0.6 is 0 Å². The number of carbonyl (C=O) groups is 1. The molecule has 2 atom stereocenters. The van der Waals surface area contributed by atoms with Crippen molar-refractivity contribution in [2.45, 2.75) is 19.4 Å². The molecular formula is C14H20N2O3. The molecule has 3 N–H and O–H groups in total. The van der Waals surface area contributed by atoms with Gasteiger partial charge in [0.1, 0.15) is 0 Å². The smallest absolute Gasteiger partial charge is 0.340 e. The van der Waals surface area contributed by atoms with Crippen molar-refractivity contribution in [3.8, 4) is 0 Å². The van der Waals surface area contributed by atoms with Crippen LogP contribution in [0.1, 0.15) is 23.7 Å². The molecule has 5 heteroatoms. The topological polar surface area (TPSA) is 73.6 Å². The molecule has 1 aliphatic heterocycles. The molecule has 19 heavy (non-hydrogen) atoms. The van der Waals surface area contributed by atoms with Crippen LogP contribution in [0.5, 0.6) is 0 Å². The van der Waals surface area contributed by atoms with Gasteiger partial charge in [-0.25, -0.2) is 4.79 Å². The van der Waals surface area contributed by atoms with E-state index in [2.05, 4.69) is 12.2 Å². The third kappa shape index (κ3) is 2.98. The van der Waals surface area contributed by atoms with Crippen LogP contribution in [-0.4, -0.2) is 32.3 Å². The van der Waals surface area contributed by atoms with Gasteiger partial charge in [-0.15, -0.1) is 0 Å². The highest BCUT2D eigenvalue weighted by molar-refractivity contribution is 5.98. The van der Waals surface area contributed by atoms with E-state index in [1.165, 1.54) is 7.11 Å². The second-order valence-corrected chi connectivity index (χ2v) is 4.82. The first-order valence-corrected chi connectivity index (χ1v) is 6.44. The Morgan fingerprint density at radius 3 is 3.00 bits per heavy atom. The van der Waals surface area contributed by atoms with Crippen LogP contribution in [0.4, 0.5) is 11.4 Å². The molecule has 1 fully saturated rings. The lowest BCUT2D eigenvalue weighted by molar-refractivity contribution is 0.0602. The number of nitrogens with two attached hydrogens (primary N) is 1. The molecule has 0 radical (unpaired) electrons. The quantitative estimate of drug-likeness (QED) is 0.641. The van der Waals surface area contributed by atoms with Gasteiger partial charge >= 0.3 is 5.97 Å². The Balaban J connectivity index is 2.13.